The number of nitrogen functional groups attached to an aromatic ring is 1. The maximum Gasteiger partial charge on any atom is 0.230 e. The molecule has 1 heterocycles. The van der Waals surface area contributed by atoms with Crippen LogP contribution in [0.3, 0.4) is 0 Å². The van der Waals surface area contributed by atoms with Crippen molar-refractivity contribution in [3.8, 4) is 0 Å². The molecule has 0 aliphatic carbocycles. The van der Waals surface area contributed by atoms with Crippen LogP contribution in [0.5, 0.6) is 0 Å². The number of aliphatic hydroxyl groups is 1. The Balaban J connectivity index is 1.86. The largest absolute Gasteiger partial charge is 0.388 e. The third-order valence-electron chi connectivity index (χ3n) is 3.50. The van der Waals surface area contributed by atoms with Gasteiger partial charge < -0.3 is 16.2 Å². The molecule has 0 unspecified atom stereocenters. The van der Waals surface area contributed by atoms with Crippen molar-refractivity contribution in [2.24, 2.45) is 0 Å². The number of thiazole rings is 1. The smallest absolute Gasteiger partial charge is 0.230 e. The average Bonchev–Trinajstić information content (AvgIpc) is 3.27. The van der Waals surface area contributed by atoms with Gasteiger partial charge in [0, 0.05) is 16.5 Å². The third kappa shape index (κ3) is 6.69. The number of hydrogen-bond acceptors (Lipinski definition) is 5. The molecule has 0 saturated heterocycles. The molecule has 2 aromatic carbocycles. The first-order valence-corrected chi connectivity index (χ1v) is 9.35. The highest BCUT2D eigenvalue weighted by atomic mass is 32.1. The second-order valence-corrected chi connectivity index (χ2v) is 6.64. The lowest BCUT2D eigenvalue weighted by molar-refractivity contribution is -0.115. The summed E-state index contributed by atoms with van der Waals surface area (Å²) in [6.45, 7) is 1.32. The van der Waals surface area contributed by atoms with Crippen LogP contribution < -0.4 is 11.1 Å². The molecule has 1 aromatic heterocycles. The maximum atomic E-state index is 12.7. The fourth-order valence-electron chi connectivity index (χ4n) is 2.14. The molecule has 3 aromatic rings. The first kappa shape index (κ1) is 9.41. The van der Waals surface area contributed by atoms with E-state index in [1.807, 2.05) is 5.32 Å². The van der Waals surface area contributed by atoms with E-state index in [4.69, 9.17) is 24.9 Å². The number of nitrogens with two attached hydrogens (primary N) is 1. The number of anilines is 2. The van der Waals surface area contributed by atoms with Crippen molar-refractivity contribution in [2.75, 3.05) is 11.1 Å². The fraction of sp³-hybridized carbons (Fsp3) is 0.304. The summed E-state index contributed by atoms with van der Waals surface area (Å²) >= 11 is 0.635. The molecule has 1 atom stereocenters. The lowest BCUT2D eigenvalue weighted by atomic mass is 10.0. The molecule has 4 N–H and O–H groups in total. The van der Waals surface area contributed by atoms with E-state index in [2.05, 4.69) is 4.98 Å². The Hall–Kier alpha value is -2.70. The average molecular weight is 424 g/mol. The lowest BCUT2D eigenvalue weighted by Crippen LogP contribution is -2.14. The van der Waals surface area contributed by atoms with Crippen LogP contribution in [0, 0.1) is 6.92 Å². The number of amides is 1. The molecule has 0 bridgehead atoms. The number of nitrogens with zero attached hydrogens (tertiary/aromatic N) is 1. The second kappa shape index (κ2) is 10.2. The van der Waals surface area contributed by atoms with Crippen molar-refractivity contribution >= 4 is 28.1 Å². The number of aromatic nitrogens is 1. The van der Waals surface area contributed by atoms with Gasteiger partial charge in [-0.15, -0.1) is 11.3 Å². The fourth-order valence-corrected chi connectivity index (χ4v) is 2.58. The van der Waals surface area contributed by atoms with Gasteiger partial charge in [0.1, 0.15) is 0 Å². The van der Waals surface area contributed by atoms with Crippen LogP contribution in [0.2, 0.25) is 0 Å². The predicted octanol–water partition coefficient (Wildman–Crippen LogP) is 4.66. The van der Waals surface area contributed by atoms with Crippen LogP contribution >= 0.6 is 11.3 Å². The van der Waals surface area contributed by atoms with Crippen molar-refractivity contribution in [1.82, 2.24) is 4.98 Å². The van der Waals surface area contributed by atoms with Gasteiger partial charge in [0.15, 0.2) is 5.13 Å². The summed E-state index contributed by atoms with van der Waals surface area (Å²) in [7, 11) is 0. The van der Waals surface area contributed by atoms with E-state index in [-0.39, 0.29) is 29.1 Å². The molecule has 152 valence electrons. The van der Waals surface area contributed by atoms with Crippen molar-refractivity contribution in [3.05, 3.63) is 76.1 Å². The van der Waals surface area contributed by atoms with Crippen molar-refractivity contribution in [1.29, 1.82) is 0 Å². The van der Waals surface area contributed by atoms with E-state index in [1.54, 1.807) is 0 Å². The van der Waals surface area contributed by atoms with Crippen LogP contribution in [0.1, 0.15) is 66.9 Å². The van der Waals surface area contributed by atoms with Crippen LogP contribution in [0.4, 0.5) is 10.8 Å². The molecule has 5 nitrogen and oxygen atoms in total. The van der Waals surface area contributed by atoms with Crippen molar-refractivity contribution in [3.63, 3.8) is 0 Å². The van der Waals surface area contributed by atoms with Gasteiger partial charge in [-0.25, -0.2) is 4.98 Å². The van der Waals surface area contributed by atoms with Crippen LogP contribution in [-0.2, 0) is 17.6 Å². The van der Waals surface area contributed by atoms with Gasteiger partial charge in [-0.1, -0.05) is 48.2 Å². The summed E-state index contributed by atoms with van der Waals surface area (Å²) in [6.07, 6.45) is -10.1. The molecule has 0 saturated carbocycles. The Morgan fingerprint density at radius 2 is 2.00 bits per heavy atom. The highest BCUT2D eigenvalue weighted by molar-refractivity contribution is 7.13. The van der Waals surface area contributed by atoms with E-state index in [0.29, 0.717) is 11.3 Å². The number of benzene rings is 2. The summed E-state index contributed by atoms with van der Waals surface area (Å²) in [4.78, 5) is 16.4. The lowest BCUT2D eigenvalue weighted by Gasteiger charge is -2.11. The first-order valence-electron chi connectivity index (χ1n) is 15.5. The molecule has 1 amide bonds. The number of hydrogen-bond donors (Lipinski definition) is 3. The molecule has 29 heavy (non-hydrogen) atoms. The SMILES string of the molecule is [2H]c1sc(N)nc1C([2H])([2H])C(=O)Nc1c([2H])c([2H])c(CCCC([2H])([2H])[C@]([2H])(O)c2c([2H])c([2H])c(C)c([2H])c2[2H])c([2H])c1[2H]. The summed E-state index contributed by atoms with van der Waals surface area (Å²) < 4.78 is 114. The third-order valence-corrected chi connectivity index (χ3v) is 4.10. The monoisotopic (exact) mass is 423 g/mol. The number of carbonyl (C=O) groups excluding carboxylic acids is 1. The van der Waals surface area contributed by atoms with Crippen LogP contribution in [-0.4, -0.2) is 16.0 Å². The molecule has 0 aliphatic heterocycles. The van der Waals surface area contributed by atoms with Gasteiger partial charge in [0.25, 0.3) is 0 Å². The summed E-state index contributed by atoms with van der Waals surface area (Å²) in [5.74, 6) is -1.41. The number of rotatable bonds is 9. The van der Waals surface area contributed by atoms with Gasteiger partial charge >= 0.3 is 0 Å². The normalized spacial score (nSPS) is 20.9. The zero-order chi connectivity index (χ0) is 33.0. The van der Waals surface area contributed by atoms with E-state index in [9.17, 15) is 9.90 Å². The Labute approximate surface area is 195 Å². The Morgan fingerprint density at radius 1 is 1.28 bits per heavy atom. The molecular formula is C23H27N3O2S. The van der Waals surface area contributed by atoms with E-state index in [1.165, 1.54) is 6.92 Å². The number of carbonyl (C=O) groups is 1. The molecular weight excluding hydrogens is 382 g/mol. The minimum absolute atomic E-state index is 0.0387. The van der Waals surface area contributed by atoms with Gasteiger partial charge in [0.05, 0.1) is 31.9 Å². The highest BCUT2D eigenvalue weighted by Gasteiger charge is 2.08. The van der Waals surface area contributed by atoms with E-state index in [0.717, 1.165) is 0 Å². The Morgan fingerprint density at radius 3 is 2.66 bits per heavy atom. The zero-order valence-corrected chi connectivity index (χ0v) is 16.2. The van der Waals surface area contributed by atoms with Gasteiger partial charge in [0.2, 0.25) is 5.91 Å². The second-order valence-electron chi connectivity index (χ2n) is 5.81. The molecule has 6 heteroatoms. The zero-order valence-electron chi connectivity index (χ0n) is 29.4. The van der Waals surface area contributed by atoms with Crippen LogP contribution in [0.25, 0.3) is 0 Å². The Bertz CT molecular complexity index is 1550. The Kier molecular flexibility index (Phi) is 3.30. The standard InChI is InChI=1S/C23H27N3O2S/c1-16-6-10-18(11-7-16)21(27)5-3-2-4-17-8-12-19(13-9-17)25-22(28)14-20-15-29-23(24)26-20/h6-13,15,21,27H,2-5,14H2,1H3,(H2,24,26)(H,25,28)/t21-/m0/s1/i5D2,6D,7D,8D,9D,10D,11D,12D,13D,14D2,15D,21D. The summed E-state index contributed by atoms with van der Waals surface area (Å²) in [5.41, 5.74) is 3.18. The molecule has 0 aliphatic rings. The summed E-state index contributed by atoms with van der Waals surface area (Å²) in [6, 6.07) is -5.28. The molecule has 3 rings (SSSR count). The van der Waals surface area contributed by atoms with Crippen molar-refractivity contribution < 1.29 is 29.1 Å². The van der Waals surface area contributed by atoms with Crippen molar-refractivity contribution in [2.45, 2.75) is 45.0 Å². The quantitative estimate of drug-likeness (QED) is 0.467. The topological polar surface area (TPSA) is 88.2 Å². The molecule has 0 radical (unpaired) electrons. The number of nitrogens with one attached hydrogen (secondary N) is 1. The minimum Gasteiger partial charge on any atom is -0.388 e. The molecule has 0 spiro atoms. The first-order chi connectivity index (χ1) is 19.6. The van der Waals surface area contributed by atoms with Gasteiger partial charge in [-0.05, 0) is 49.4 Å². The van der Waals surface area contributed by atoms with Gasteiger partial charge in [-0.2, -0.15) is 0 Å². The summed E-state index contributed by atoms with van der Waals surface area (Å²) in [5, 5.41) is 12.3. The highest BCUT2D eigenvalue weighted by Crippen LogP contribution is 2.21. The van der Waals surface area contributed by atoms with Crippen LogP contribution in [0.15, 0.2) is 53.7 Å². The predicted molar refractivity (Wildman–Crippen MR) is 119 cm³/mol. The maximum absolute atomic E-state index is 12.7. The van der Waals surface area contributed by atoms with E-state index >= 15 is 0 Å². The molecule has 0 fully saturated rings. The van der Waals surface area contributed by atoms with Gasteiger partial charge in [-0.3, -0.25) is 4.79 Å². The van der Waals surface area contributed by atoms with E-state index < -0.39 is 102 Å². The minimum atomic E-state index is -3.22.